The fourth-order valence-corrected chi connectivity index (χ4v) is 2.33. The van der Waals surface area contributed by atoms with E-state index in [0.717, 1.165) is 0 Å². The number of carbonyl (C=O) groups excluding carboxylic acids is 2. The number of aliphatic hydroxyl groups is 1. The van der Waals surface area contributed by atoms with Gasteiger partial charge < -0.3 is 15.4 Å². The number of benzene rings is 1. The van der Waals surface area contributed by atoms with Crippen LogP contribution < -0.4 is 5.32 Å². The van der Waals surface area contributed by atoms with Crippen LogP contribution in [0.5, 0.6) is 0 Å². The highest BCUT2D eigenvalue weighted by atomic mass is 35.5. The molecule has 1 amide bonds. The standard InChI is InChI=1S/C14H12Cl2N2O3/c15-9-3-8(4-10(16)5-9)13(20)6-17-14(21)12-2-1-11(7-19)18-12/h1-5,7,13,18,20H,6H2,(H,17,21). The summed E-state index contributed by atoms with van der Waals surface area (Å²) in [6.45, 7) is -0.00898. The van der Waals surface area contributed by atoms with Crippen LogP contribution in [0.15, 0.2) is 30.3 Å². The SMILES string of the molecule is O=Cc1ccc(C(=O)NCC(O)c2cc(Cl)cc(Cl)c2)[nH]1. The van der Waals surface area contributed by atoms with Crippen molar-refractivity contribution in [2.45, 2.75) is 6.10 Å². The number of halogens is 2. The molecule has 1 heterocycles. The number of rotatable bonds is 5. The highest BCUT2D eigenvalue weighted by Gasteiger charge is 2.13. The van der Waals surface area contributed by atoms with E-state index < -0.39 is 12.0 Å². The first kappa shape index (κ1) is 15.6. The Bertz CT molecular complexity index is 650. The van der Waals surface area contributed by atoms with Gasteiger partial charge in [0.15, 0.2) is 6.29 Å². The lowest BCUT2D eigenvalue weighted by Crippen LogP contribution is -2.28. The molecule has 1 aromatic carbocycles. The average molecular weight is 327 g/mol. The second-order valence-corrected chi connectivity index (χ2v) is 5.25. The molecule has 1 unspecified atom stereocenters. The molecule has 0 aliphatic heterocycles. The number of aromatic nitrogens is 1. The van der Waals surface area contributed by atoms with Crippen molar-refractivity contribution < 1.29 is 14.7 Å². The van der Waals surface area contributed by atoms with Gasteiger partial charge in [0.1, 0.15) is 5.69 Å². The Morgan fingerprint density at radius 2 is 1.95 bits per heavy atom. The Morgan fingerprint density at radius 1 is 1.29 bits per heavy atom. The molecule has 1 atom stereocenters. The number of aldehydes is 1. The molecule has 5 nitrogen and oxygen atoms in total. The fourth-order valence-electron chi connectivity index (χ4n) is 1.78. The van der Waals surface area contributed by atoms with E-state index in [9.17, 15) is 14.7 Å². The van der Waals surface area contributed by atoms with Crippen LogP contribution in [0.1, 0.15) is 32.6 Å². The predicted octanol–water partition coefficient (Wildman–Crippen LogP) is 2.60. The Kier molecular flexibility index (Phi) is 5.01. The highest BCUT2D eigenvalue weighted by molar-refractivity contribution is 6.34. The zero-order valence-electron chi connectivity index (χ0n) is 10.8. The number of H-pyrrole nitrogens is 1. The summed E-state index contributed by atoms with van der Waals surface area (Å²) in [5.41, 5.74) is 1.06. The van der Waals surface area contributed by atoms with Gasteiger partial charge in [0.25, 0.3) is 5.91 Å². The number of aromatic amines is 1. The second-order valence-electron chi connectivity index (χ2n) is 4.37. The van der Waals surface area contributed by atoms with Crippen LogP contribution in [0.4, 0.5) is 0 Å². The molecule has 0 radical (unpaired) electrons. The number of aliphatic hydroxyl groups excluding tert-OH is 1. The topological polar surface area (TPSA) is 82.2 Å². The number of carbonyl (C=O) groups is 2. The van der Waals surface area contributed by atoms with Crippen LogP contribution in [0.3, 0.4) is 0 Å². The molecule has 7 heteroatoms. The van der Waals surface area contributed by atoms with Crippen LogP contribution in [0.25, 0.3) is 0 Å². The first-order valence-electron chi connectivity index (χ1n) is 6.06. The first-order chi connectivity index (χ1) is 9.99. The molecule has 0 spiro atoms. The molecular formula is C14H12Cl2N2O3. The molecule has 0 aliphatic rings. The zero-order chi connectivity index (χ0) is 15.4. The minimum atomic E-state index is -0.939. The lowest BCUT2D eigenvalue weighted by molar-refractivity contribution is 0.0912. The van der Waals surface area contributed by atoms with E-state index in [2.05, 4.69) is 10.3 Å². The summed E-state index contributed by atoms with van der Waals surface area (Å²) in [6.07, 6.45) is -0.329. The maximum Gasteiger partial charge on any atom is 0.267 e. The number of amides is 1. The molecular weight excluding hydrogens is 315 g/mol. The van der Waals surface area contributed by atoms with Crippen molar-refractivity contribution in [3.8, 4) is 0 Å². The minimum absolute atomic E-state index is 0.00898. The summed E-state index contributed by atoms with van der Waals surface area (Å²) in [4.78, 5) is 25.0. The molecule has 0 aliphatic carbocycles. The van der Waals surface area contributed by atoms with Gasteiger partial charge in [-0.2, -0.15) is 0 Å². The molecule has 0 saturated heterocycles. The lowest BCUT2D eigenvalue weighted by Gasteiger charge is -2.12. The smallest absolute Gasteiger partial charge is 0.267 e. The maximum absolute atomic E-state index is 11.8. The van der Waals surface area contributed by atoms with Gasteiger partial charge in [0.05, 0.1) is 11.8 Å². The van der Waals surface area contributed by atoms with Gasteiger partial charge in [0, 0.05) is 16.6 Å². The summed E-state index contributed by atoms with van der Waals surface area (Å²) >= 11 is 11.7. The molecule has 110 valence electrons. The third-order valence-corrected chi connectivity index (χ3v) is 3.24. The van der Waals surface area contributed by atoms with Gasteiger partial charge in [-0.05, 0) is 35.9 Å². The molecule has 3 N–H and O–H groups in total. The van der Waals surface area contributed by atoms with E-state index in [1.54, 1.807) is 18.2 Å². The van der Waals surface area contributed by atoms with Gasteiger partial charge in [-0.15, -0.1) is 0 Å². The van der Waals surface area contributed by atoms with E-state index in [-0.39, 0.29) is 12.2 Å². The molecule has 2 rings (SSSR count). The van der Waals surface area contributed by atoms with Crippen molar-refractivity contribution in [3.63, 3.8) is 0 Å². The van der Waals surface area contributed by atoms with E-state index in [0.29, 0.717) is 27.6 Å². The van der Waals surface area contributed by atoms with Crippen molar-refractivity contribution >= 4 is 35.4 Å². The lowest BCUT2D eigenvalue weighted by atomic mass is 10.1. The molecule has 0 fully saturated rings. The summed E-state index contributed by atoms with van der Waals surface area (Å²) in [6, 6.07) is 7.68. The van der Waals surface area contributed by atoms with Gasteiger partial charge in [-0.3, -0.25) is 9.59 Å². The monoisotopic (exact) mass is 326 g/mol. The normalized spacial score (nSPS) is 12.0. The molecule has 1 aromatic heterocycles. The number of hydrogen-bond donors (Lipinski definition) is 3. The van der Waals surface area contributed by atoms with Crippen molar-refractivity contribution in [1.29, 1.82) is 0 Å². The van der Waals surface area contributed by atoms with Crippen molar-refractivity contribution in [2.24, 2.45) is 0 Å². The van der Waals surface area contributed by atoms with Crippen LogP contribution in [-0.2, 0) is 0 Å². The van der Waals surface area contributed by atoms with Gasteiger partial charge >= 0.3 is 0 Å². The summed E-state index contributed by atoms with van der Waals surface area (Å²) in [7, 11) is 0. The van der Waals surface area contributed by atoms with Crippen LogP contribution in [0, 0.1) is 0 Å². The van der Waals surface area contributed by atoms with Gasteiger partial charge in [0.2, 0.25) is 0 Å². The molecule has 0 bridgehead atoms. The summed E-state index contributed by atoms with van der Waals surface area (Å²) in [5.74, 6) is -0.421. The Hall–Kier alpha value is -1.82. The number of hydrogen-bond acceptors (Lipinski definition) is 3. The van der Waals surface area contributed by atoms with E-state index in [1.165, 1.54) is 12.1 Å². The third-order valence-electron chi connectivity index (χ3n) is 2.81. The van der Waals surface area contributed by atoms with Crippen molar-refractivity contribution in [2.75, 3.05) is 6.54 Å². The van der Waals surface area contributed by atoms with Crippen molar-refractivity contribution in [3.05, 3.63) is 57.3 Å². The van der Waals surface area contributed by atoms with E-state index in [1.807, 2.05) is 0 Å². The molecule has 21 heavy (non-hydrogen) atoms. The van der Waals surface area contributed by atoms with Crippen LogP contribution >= 0.6 is 23.2 Å². The molecule has 0 saturated carbocycles. The highest BCUT2D eigenvalue weighted by Crippen LogP contribution is 2.23. The quantitative estimate of drug-likeness (QED) is 0.738. The van der Waals surface area contributed by atoms with Crippen LogP contribution in [-0.4, -0.2) is 28.8 Å². The van der Waals surface area contributed by atoms with Crippen LogP contribution in [0.2, 0.25) is 10.0 Å². The van der Waals surface area contributed by atoms with Crippen molar-refractivity contribution in [1.82, 2.24) is 10.3 Å². The van der Waals surface area contributed by atoms with Gasteiger partial charge in [-0.1, -0.05) is 23.2 Å². The Balaban J connectivity index is 1.98. The Morgan fingerprint density at radius 3 is 2.52 bits per heavy atom. The third kappa shape index (κ3) is 4.07. The first-order valence-corrected chi connectivity index (χ1v) is 6.81. The summed E-state index contributed by atoms with van der Waals surface area (Å²) in [5, 5.41) is 13.4. The Labute approximate surface area is 130 Å². The zero-order valence-corrected chi connectivity index (χ0v) is 12.3. The van der Waals surface area contributed by atoms with E-state index >= 15 is 0 Å². The number of nitrogens with one attached hydrogen (secondary N) is 2. The van der Waals surface area contributed by atoms with E-state index in [4.69, 9.17) is 23.2 Å². The summed E-state index contributed by atoms with van der Waals surface area (Å²) < 4.78 is 0. The maximum atomic E-state index is 11.8. The molecule has 2 aromatic rings. The fraction of sp³-hybridized carbons (Fsp3) is 0.143. The average Bonchev–Trinajstić information content (AvgIpc) is 2.92. The largest absolute Gasteiger partial charge is 0.387 e. The van der Waals surface area contributed by atoms with Gasteiger partial charge in [-0.25, -0.2) is 0 Å². The second kappa shape index (κ2) is 6.76. The predicted molar refractivity (Wildman–Crippen MR) is 79.9 cm³/mol. The minimum Gasteiger partial charge on any atom is -0.387 e.